The van der Waals surface area contributed by atoms with Crippen LogP contribution in [0.4, 0.5) is 0 Å². The van der Waals surface area contributed by atoms with Crippen molar-refractivity contribution >= 4 is 16.5 Å². The number of fused-ring (bicyclic) bond motifs is 5. The lowest BCUT2D eigenvalue weighted by atomic mass is 9.85. The third kappa shape index (κ3) is 2.19. The van der Waals surface area contributed by atoms with Crippen LogP contribution in [0, 0.1) is 0 Å². The molecule has 1 heteroatoms. The van der Waals surface area contributed by atoms with Crippen LogP contribution in [0.2, 0.25) is 0 Å². The molecule has 0 aliphatic carbocycles. The van der Waals surface area contributed by atoms with Gasteiger partial charge >= 0.3 is 0 Å². The molecular weight excluding hydrogens is 278 g/mol. The molecule has 0 spiro atoms. The monoisotopic (exact) mass is 300 g/mol. The third-order valence-electron chi connectivity index (χ3n) is 4.82. The first-order valence-corrected chi connectivity index (χ1v) is 8.20. The standard InChI is InChI=1S/C22H22N/c1-15-13-16-7-5-6-8-19(16)21-20-10-9-18(22(2,3)4)14-17(20)11-12-23(15)21/h5-12,14H,1,13H2,2-4H3/q+1. The molecule has 0 atom stereocenters. The number of pyridine rings is 1. The lowest BCUT2D eigenvalue weighted by molar-refractivity contribution is -0.570. The number of rotatable bonds is 0. The van der Waals surface area contributed by atoms with Gasteiger partial charge in [0.1, 0.15) is 0 Å². The fourth-order valence-electron chi connectivity index (χ4n) is 3.49. The lowest BCUT2D eigenvalue weighted by Crippen LogP contribution is -2.38. The van der Waals surface area contributed by atoms with E-state index in [9.17, 15) is 0 Å². The van der Waals surface area contributed by atoms with E-state index in [1.807, 2.05) is 0 Å². The fraction of sp³-hybridized carbons (Fsp3) is 0.227. The Labute approximate surface area is 137 Å². The van der Waals surface area contributed by atoms with E-state index in [1.165, 1.54) is 33.2 Å². The van der Waals surface area contributed by atoms with E-state index >= 15 is 0 Å². The van der Waals surface area contributed by atoms with Gasteiger partial charge in [0.2, 0.25) is 5.69 Å². The van der Waals surface area contributed by atoms with Gasteiger partial charge in [-0.05, 0) is 40.6 Å². The van der Waals surface area contributed by atoms with Gasteiger partial charge in [0.25, 0.3) is 0 Å². The average molecular weight is 300 g/mol. The summed E-state index contributed by atoms with van der Waals surface area (Å²) in [5.41, 5.74) is 6.64. The molecule has 2 aromatic carbocycles. The lowest BCUT2D eigenvalue weighted by Gasteiger charge is -2.21. The molecule has 0 radical (unpaired) electrons. The van der Waals surface area contributed by atoms with Crippen LogP contribution in [0.15, 0.2) is 61.3 Å². The Morgan fingerprint density at radius 3 is 2.57 bits per heavy atom. The van der Waals surface area contributed by atoms with Gasteiger partial charge in [-0.15, -0.1) is 0 Å². The first-order chi connectivity index (χ1) is 10.9. The molecule has 0 saturated carbocycles. The zero-order valence-electron chi connectivity index (χ0n) is 14.1. The van der Waals surface area contributed by atoms with Crippen molar-refractivity contribution in [1.29, 1.82) is 0 Å². The van der Waals surface area contributed by atoms with Crippen LogP contribution in [0.5, 0.6) is 0 Å². The topological polar surface area (TPSA) is 3.88 Å². The second-order valence-electron chi connectivity index (χ2n) is 7.49. The first-order valence-electron chi connectivity index (χ1n) is 8.20. The predicted molar refractivity (Wildman–Crippen MR) is 97.3 cm³/mol. The van der Waals surface area contributed by atoms with Gasteiger partial charge in [0.15, 0.2) is 11.9 Å². The quantitative estimate of drug-likeness (QED) is 0.507. The summed E-state index contributed by atoms with van der Waals surface area (Å²) in [6, 6.07) is 17.8. The van der Waals surface area contributed by atoms with Crippen LogP contribution in [-0.2, 0) is 11.8 Å². The summed E-state index contributed by atoms with van der Waals surface area (Å²) >= 11 is 0. The molecule has 1 aliphatic rings. The molecule has 1 aromatic heterocycles. The molecule has 0 amide bonds. The van der Waals surface area contributed by atoms with E-state index in [4.69, 9.17) is 0 Å². The van der Waals surface area contributed by atoms with Crippen LogP contribution in [-0.4, -0.2) is 0 Å². The second-order valence-corrected chi connectivity index (χ2v) is 7.49. The van der Waals surface area contributed by atoms with Crippen molar-refractivity contribution < 1.29 is 4.57 Å². The fourth-order valence-corrected chi connectivity index (χ4v) is 3.49. The SMILES string of the molecule is C=C1Cc2ccccc2-c2c3ccc(C(C)(C)C)cc3cc[n+]21. The van der Waals surface area contributed by atoms with Crippen molar-refractivity contribution in [2.24, 2.45) is 0 Å². The highest BCUT2D eigenvalue weighted by molar-refractivity contribution is 5.95. The van der Waals surface area contributed by atoms with Crippen molar-refractivity contribution in [2.45, 2.75) is 32.6 Å². The molecule has 3 aromatic rings. The van der Waals surface area contributed by atoms with Crippen molar-refractivity contribution in [3.8, 4) is 11.3 Å². The molecule has 0 bridgehead atoms. The summed E-state index contributed by atoms with van der Waals surface area (Å²) in [4.78, 5) is 0. The summed E-state index contributed by atoms with van der Waals surface area (Å²) < 4.78 is 2.25. The van der Waals surface area contributed by atoms with E-state index in [1.54, 1.807) is 0 Å². The maximum Gasteiger partial charge on any atom is 0.226 e. The summed E-state index contributed by atoms with van der Waals surface area (Å²) in [6.07, 6.45) is 3.09. The Morgan fingerprint density at radius 1 is 1.00 bits per heavy atom. The van der Waals surface area contributed by atoms with Gasteiger partial charge in [-0.1, -0.05) is 51.1 Å². The minimum atomic E-state index is 0.165. The summed E-state index contributed by atoms with van der Waals surface area (Å²) in [6.45, 7) is 11.1. The van der Waals surface area contributed by atoms with Gasteiger partial charge in [0.05, 0.1) is 17.4 Å². The molecule has 1 nitrogen and oxygen atoms in total. The Balaban J connectivity index is 2.06. The van der Waals surface area contributed by atoms with Crippen molar-refractivity contribution in [1.82, 2.24) is 0 Å². The van der Waals surface area contributed by atoms with Crippen molar-refractivity contribution in [2.75, 3.05) is 0 Å². The molecule has 0 N–H and O–H groups in total. The zero-order chi connectivity index (χ0) is 16.2. The smallest absolute Gasteiger partial charge is 0.164 e. The summed E-state index contributed by atoms with van der Waals surface area (Å²) in [7, 11) is 0. The van der Waals surface area contributed by atoms with Crippen LogP contribution in [0.25, 0.3) is 27.7 Å². The Bertz CT molecular complexity index is 942. The number of allylic oxidation sites excluding steroid dienone is 1. The van der Waals surface area contributed by atoms with E-state index in [-0.39, 0.29) is 5.41 Å². The highest BCUT2D eigenvalue weighted by atomic mass is 15.0. The van der Waals surface area contributed by atoms with Crippen LogP contribution in [0.3, 0.4) is 0 Å². The normalized spacial score (nSPS) is 13.8. The molecule has 4 rings (SSSR count). The minimum absolute atomic E-state index is 0.165. The second kappa shape index (κ2) is 4.79. The van der Waals surface area contributed by atoms with E-state index < -0.39 is 0 Å². The third-order valence-corrected chi connectivity index (χ3v) is 4.82. The van der Waals surface area contributed by atoms with Gasteiger partial charge in [0, 0.05) is 6.07 Å². The highest BCUT2D eigenvalue weighted by Crippen LogP contribution is 2.35. The molecule has 0 saturated heterocycles. The molecule has 0 fully saturated rings. The number of hydrogen-bond donors (Lipinski definition) is 0. The Hall–Kier alpha value is -2.41. The largest absolute Gasteiger partial charge is 0.226 e. The minimum Gasteiger partial charge on any atom is -0.164 e. The van der Waals surface area contributed by atoms with E-state index in [0.29, 0.717) is 0 Å². The molecule has 0 unspecified atom stereocenters. The van der Waals surface area contributed by atoms with Gasteiger partial charge in [-0.3, -0.25) is 0 Å². The molecule has 1 aliphatic heterocycles. The van der Waals surface area contributed by atoms with Gasteiger partial charge in [-0.2, -0.15) is 4.57 Å². The number of aromatic nitrogens is 1. The maximum absolute atomic E-state index is 4.28. The Morgan fingerprint density at radius 2 is 1.78 bits per heavy atom. The zero-order valence-corrected chi connectivity index (χ0v) is 14.1. The number of nitrogens with zero attached hydrogens (tertiary/aromatic N) is 1. The van der Waals surface area contributed by atoms with Crippen LogP contribution >= 0.6 is 0 Å². The molecule has 2 heterocycles. The predicted octanol–water partition coefficient (Wildman–Crippen LogP) is 5.12. The van der Waals surface area contributed by atoms with Crippen molar-refractivity contribution in [3.63, 3.8) is 0 Å². The molecule has 23 heavy (non-hydrogen) atoms. The van der Waals surface area contributed by atoms with Gasteiger partial charge in [-0.25, -0.2) is 0 Å². The van der Waals surface area contributed by atoms with E-state index in [0.717, 1.165) is 12.1 Å². The molecule has 114 valence electrons. The van der Waals surface area contributed by atoms with Gasteiger partial charge < -0.3 is 0 Å². The number of hydrogen-bond acceptors (Lipinski definition) is 0. The first kappa shape index (κ1) is 14.2. The van der Waals surface area contributed by atoms with Crippen molar-refractivity contribution in [3.05, 3.63) is 72.4 Å². The summed E-state index contributed by atoms with van der Waals surface area (Å²) in [5.74, 6) is 0. The maximum atomic E-state index is 4.28. The van der Waals surface area contributed by atoms with Crippen LogP contribution in [0.1, 0.15) is 31.9 Å². The average Bonchev–Trinajstić information content (AvgIpc) is 2.53. The Kier molecular flexibility index (Phi) is 2.96. The van der Waals surface area contributed by atoms with E-state index in [2.05, 4.69) is 86.6 Å². The molecular formula is C22H22N+. The highest BCUT2D eigenvalue weighted by Gasteiger charge is 2.28. The van der Waals surface area contributed by atoms with Crippen LogP contribution < -0.4 is 4.57 Å². The summed E-state index contributed by atoms with van der Waals surface area (Å²) in [5, 5.41) is 2.60. The number of benzene rings is 2.